The van der Waals surface area contributed by atoms with Crippen LogP contribution in [0.2, 0.25) is 0 Å². The minimum Gasteiger partial charge on any atom is -0.383 e. The first-order valence-corrected chi connectivity index (χ1v) is 11.2. The lowest BCUT2D eigenvalue weighted by Crippen LogP contribution is -2.29. The first kappa shape index (κ1) is 21.0. The normalized spacial score (nSPS) is 15.4. The molecule has 6 nitrogen and oxygen atoms in total. The zero-order valence-electron chi connectivity index (χ0n) is 16.1. The first-order valence-electron chi connectivity index (χ1n) is 9.31. The second-order valence-corrected chi connectivity index (χ2v) is 9.02. The highest BCUT2D eigenvalue weighted by atomic mass is 32.2. The molecule has 1 atom stereocenters. The van der Waals surface area contributed by atoms with Gasteiger partial charge in [-0.1, -0.05) is 49.0 Å². The highest BCUT2D eigenvalue weighted by molar-refractivity contribution is 8.00. The molecular formula is C20H25N3O3S2. The number of fused-ring (bicyclic) bond motifs is 1. The molecule has 1 aliphatic heterocycles. The van der Waals surface area contributed by atoms with Crippen LogP contribution in [0.3, 0.4) is 0 Å². The topological polar surface area (TPSA) is 73.2 Å². The summed E-state index contributed by atoms with van der Waals surface area (Å²) in [6, 6.07) is 10.0. The van der Waals surface area contributed by atoms with Crippen molar-refractivity contribution in [2.75, 3.05) is 26.0 Å². The predicted octanol–water partition coefficient (Wildman–Crippen LogP) is 2.38. The average Bonchev–Trinajstić information content (AvgIpc) is 3.07. The molecule has 0 saturated carbocycles. The fourth-order valence-corrected chi connectivity index (χ4v) is 4.98. The number of aromatic nitrogens is 2. The van der Waals surface area contributed by atoms with Gasteiger partial charge in [0.25, 0.3) is 5.56 Å². The Morgan fingerprint density at radius 2 is 2.18 bits per heavy atom. The predicted molar refractivity (Wildman–Crippen MR) is 113 cm³/mol. The van der Waals surface area contributed by atoms with E-state index in [0.29, 0.717) is 30.1 Å². The van der Waals surface area contributed by atoms with Crippen molar-refractivity contribution in [3.63, 3.8) is 0 Å². The number of nitrogens with one attached hydrogen (secondary N) is 1. The maximum Gasteiger partial charge on any atom is 0.268 e. The standard InChI is InChI=1S/C20H25N3O3S2/c1-14-12-16-18(28-14)19(25)23(10-11-26-2)20(22-16)27-13-17(24)21-9-8-15-6-4-3-5-7-15/h3-7,14H,8-13H2,1-2H3,(H,21,24). The summed E-state index contributed by atoms with van der Waals surface area (Å²) in [5.41, 5.74) is 2.02. The number of methoxy groups -OCH3 is 1. The maximum atomic E-state index is 12.8. The summed E-state index contributed by atoms with van der Waals surface area (Å²) in [5, 5.41) is 3.88. The highest BCUT2D eigenvalue weighted by Gasteiger charge is 2.26. The molecule has 0 bridgehead atoms. The van der Waals surface area contributed by atoms with E-state index < -0.39 is 0 Å². The zero-order chi connectivity index (χ0) is 19.9. The van der Waals surface area contributed by atoms with Crippen molar-refractivity contribution in [2.24, 2.45) is 0 Å². The van der Waals surface area contributed by atoms with Gasteiger partial charge in [0.2, 0.25) is 5.91 Å². The second-order valence-electron chi connectivity index (χ2n) is 6.63. The first-order chi connectivity index (χ1) is 13.6. The number of thioether (sulfide) groups is 2. The number of hydrogen-bond donors (Lipinski definition) is 1. The monoisotopic (exact) mass is 419 g/mol. The molecule has 1 aromatic heterocycles. The molecule has 28 heavy (non-hydrogen) atoms. The maximum absolute atomic E-state index is 12.8. The Kier molecular flexibility index (Phi) is 7.58. The van der Waals surface area contributed by atoms with Gasteiger partial charge in [-0.3, -0.25) is 14.2 Å². The number of rotatable bonds is 9. The van der Waals surface area contributed by atoms with E-state index in [2.05, 4.69) is 17.2 Å². The number of ether oxygens (including phenoxy) is 1. The van der Waals surface area contributed by atoms with E-state index in [1.165, 1.54) is 17.3 Å². The number of hydrogen-bond acceptors (Lipinski definition) is 6. The summed E-state index contributed by atoms with van der Waals surface area (Å²) in [7, 11) is 1.61. The van der Waals surface area contributed by atoms with Crippen molar-refractivity contribution < 1.29 is 9.53 Å². The molecule has 0 radical (unpaired) electrons. The van der Waals surface area contributed by atoms with E-state index in [4.69, 9.17) is 4.74 Å². The second kappa shape index (κ2) is 10.1. The lowest BCUT2D eigenvalue weighted by molar-refractivity contribution is -0.118. The lowest BCUT2D eigenvalue weighted by atomic mass is 10.1. The van der Waals surface area contributed by atoms with Crippen LogP contribution >= 0.6 is 23.5 Å². The lowest BCUT2D eigenvalue weighted by Gasteiger charge is -2.13. The summed E-state index contributed by atoms with van der Waals surface area (Å²) in [5.74, 6) is 0.173. The van der Waals surface area contributed by atoms with Gasteiger partial charge in [0.15, 0.2) is 5.16 Å². The van der Waals surface area contributed by atoms with Crippen molar-refractivity contribution in [1.29, 1.82) is 0 Å². The molecule has 0 spiro atoms. The van der Waals surface area contributed by atoms with Gasteiger partial charge < -0.3 is 10.1 Å². The molecule has 1 aromatic carbocycles. The molecule has 1 unspecified atom stereocenters. The highest BCUT2D eigenvalue weighted by Crippen LogP contribution is 2.34. The Morgan fingerprint density at radius 3 is 2.93 bits per heavy atom. The van der Waals surface area contributed by atoms with Crippen LogP contribution < -0.4 is 10.9 Å². The van der Waals surface area contributed by atoms with Gasteiger partial charge >= 0.3 is 0 Å². The molecule has 1 amide bonds. The van der Waals surface area contributed by atoms with Crippen LogP contribution in [0.1, 0.15) is 18.2 Å². The van der Waals surface area contributed by atoms with Crippen molar-refractivity contribution in [3.05, 3.63) is 51.9 Å². The average molecular weight is 420 g/mol. The molecule has 2 aromatic rings. The van der Waals surface area contributed by atoms with Crippen molar-refractivity contribution in [3.8, 4) is 0 Å². The minimum atomic E-state index is -0.0586. The number of nitrogens with zero attached hydrogens (tertiary/aromatic N) is 2. The van der Waals surface area contributed by atoms with Crippen molar-refractivity contribution >= 4 is 29.4 Å². The van der Waals surface area contributed by atoms with Gasteiger partial charge in [-0.2, -0.15) is 0 Å². The third-order valence-electron chi connectivity index (χ3n) is 4.39. The van der Waals surface area contributed by atoms with Gasteiger partial charge in [0, 0.05) is 25.3 Å². The number of carbonyl (C=O) groups excluding carboxylic acids is 1. The molecule has 1 aliphatic rings. The summed E-state index contributed by atoms with van der Waals surface area (Å²) < 4.78 is 6.77. The van der Waals surface area contributed by atoms with E-state index in [1.807, 2.05) is 30.3 Å². The molecular weight excluding hydrogens is 394 g/mol. The Bertz CT molecular complexity index is 871. The number of carbonyl (C=O) groups is 1. The summed E-state index contributed by atoms with van der Waals surface area (Å²) in [6.45, 7) is 3.55. The number of benzene rings is 1. The quantitative estimate of drug-likeness (QED) is 0.497. The summed E-state index contributed by atoms with van der Waals surface area (Å²) >= 11 is 2.89. The van der Waals surface area contributed by atoms with Crippen LogP contribution in [0.5, 0.6) is 0 Å². The zero-order valence-corrected chi connectivity index (χ0v) is 17.8. The van der Waals surface area contributed by atoms with Gasteiger partial charge in [0.05, 0.1) is 29.5 Å². The number of amides is 1. The summed E-state index contributed by atoms with van der Waals surface area (Å²) in [6.07, 6.45) is 1.58. The van der Waals surface area contributed by atoms with Crippen LogP contribution in [0.25, 0.3) is 0 Å². The van der Waals surface area contributed by atoms with Crippen LogP contribution in [-0.4, -0.2) is 46.7 Å². The van der Waals surface area contributed by atoms with E-state index in [-0.39, 0.29) is 17.2 Å². The molecule has 1 N–H and O–H groups in total. The molecule has 3 rings (SSSR count). The van der Waals surface area contributed by atoms with E-state index in [9.17, 15) is 9.59 Å². The van der Waals surface area contributed by atoms with Gasteiger partial charge in [-0.25, -0.2) is 4.98 Å². The molecule has 8 heteroatoms. The van der Waals surface area contributed by atoms with E-state index in [1.54, 1.807) is 23.4 Å². The van der Waals surface area contributed by atoms with Crippen LogP contribution in [0, 0.1) is 0 Å². The molecule has 0 saturated heterocycles. The molecule has 150 valence electrons. The van der Waals surface area contributed by atoms with Crippen LogP contribution in [-0.2, 0) is 28.9 Å². The van der Waals surface area contributed by atoms with Crippen molar-refractivity contribution in [2.45, 2.75) is 41.6 Å². The minimum absolute atomic E-state index is 0.0246. The third kappa shape index (κ3) is 5.40. The Morgan fingerprint density at radius 1 is 1.39 bits per heavy atom. The van der Waals surface area contributed by atoms with Crippen LogP contribution in [0.4, 0.5) is 0 Å². The Hall–Kier alpha value is -1.77. The van der Waals surface area contributed by atoms with Gasteiger partial charge in [-0.15, -0.1) is 11.8 Å². The molecule has 2 heterocycles. The molecule has 0 fully saturated rings. The Balaban J connectivity index is 1.61. The van der Waals surface area contributed by atoms with Gasteiger partial charge in [-0.05, 0) is 12.0 Å². The third-order valence-corrected chi connectivity index (χ3v) is 6.58. The largest absolute Gasteiger partial charge is 0.383 e. The Labute approximate surface area is 173 Å². The smallest absolute Gasteiger partial charge is 0.268 e. The van der Waals surface area contributed by atoms with Gasteiger partial charge in [0.1, 0.15) is 0 Å². The van der Waals surface area contributed by atoms with Crippen LogP contribution in [0.15, 0.2) is 45.2 Å². The summed E-state index contributed by atoms with van der Waals surface area (Å²) in [4.78, 5) is 30.5. The van der Waals surface area contributed by atoms with Crippen molar-refractivity contribution in [1.82, 2.24) is 14.9 Å². The fraction of sp³-hybridized carbons (Fsp3) is 0.450. The molecule has 0 aliphatic carbocycles. The van der Waals surface area contributed by atoms with E-state index in [0.717, 1.165) is 23.4 Å². The fourth-order valence-electron chi connectivity index (χ4n) is 2.99. The SMILES string of the molecule is COCCn1c(SCC(=O)NCCc2ccccc2)nc2c(c1=O)SC(C)C2. The van der Waals surface area contributed by atoms with E-state index >= 15 is 0 Å².